The van der Waals surface area contributed by atoms with E-state index < -0.39 is 10.0 Å². The number of carbonyl (C=O) groups is 1. The Morgan fingerprint density at radius 2 is 2.03 bits per heavy atom. The van der Waals surface area contributed by atoms with Gasteiger partial charge in [0, 0.05) is 25.7 Å². The Morgan fingerprint density at radius 3 is 2.72 bits per heavy atom. The minimum Gasteiger partial charge on any atom is -0.356 e. The molecule has 29 heavy (non-hydrogen) atoms. The minimum absolute atomic E-state index is 0.0547. The van der Waals surface area contributed by atoms with Crippen molar-refractivity contribution in [2.24, 2.45) is 11.8 Å². The highest BCUT2D eigenvalue weighted by atomic mass is 32.2. The predicted molar refractivity (Wildman–Crippen MR) is 112 cm³/mol. The Labute approximate surface area is 172 Å². The van der Waals surface area contributed by atoms with Crippen LogP contribution in [-0.2, 0) is 14.8 Å². The maximum atomic E-state index is 13.2. The molecule has 3 rings (SSSR count). The smallest absolute Gasteiger partial charge is 0.243 e. The molecule has 2 aromatic rings. The number of rotatable bonds is 7. The van der Waals surface area contributed by atoms with Crippen molar-refractivity contribution in [3.63, 3.8) is 0 Å². The van der Waals surface area contributed by atoms with Crippen molar-refractivity contribution in [3.8, 4) is 0 Å². The molecule has 0 unspecified atom stereocenters. The van der Waals surface area contributed by atoms with Gasteiger partial charge in [-0.05, 0) is 57.2 Å². The van der Waals surface area contributed by atoms with E-state index in [1.54, 1.807) is 22.9 Å². The van der Waals surface area contributed by atoms with Gasteiger partial charge in [0.25, 0.3) is 0 Å². The molecule has 1 aromatic carbocycles. The van der Waals surface area contributed by atoms with Crippen LogP contribution in [0.4, 0.5) is 0 Å². The standard InChI is InChI=1S/C20H31N5O3S/c1-14(2)9-10-21-20(26)16-6-5-11-24(13-16)29(27,28)17-7-8-19-18(12-17)22-23-25(19)15(3)4/h7-8,12,14-16H,5-6,9-11,13H2,1-4H3,(H,21,26)/t16-/m0/s1. The molecule has 0 aliphatic carbocycles. The Balaban J connectivity index is 1.75. The Kier molecular flexibility index (Phi) is 6.58. The third kappa shape index (κ3) is 4.78. The first-order chi connectivity index (χ1) is 13.7. The van der Waals surface area contributed by atoms with Crippen molar-refractivity contribution in [1.29, 1.82) is 0 Å². The van der Waals surface area contributed by atoms with Crippen molar-refractivity contribution in [2.75, 3.05) is 19.6 Å². The summed E-state index contributed by atoms with van der Waals surface area (Å²) in [5.74, 6) is 0.152. The summed E-state index contributed by atoms with van der Waals surface area (Å²) in [6.45, 7) is 9.48. The summed E-state index contributed by atoms with van der Waals surface area (Å²) in [7, 11) is -3.69. The van der Waals surface area contributed by atoms with E-state index in [-0.39, 0.29) is 29.3 Å². The average Bonchev–Trinajstić information content (AvgIpc) is 3.11. The highest BCUT2D eigenvalue weighted by Crippen LogP contribution is 2.26. The molecule has 0 spiro atoms. The molecule has 1 N–H and O–H groups in total. The fraction of sp³-hybridized carbons (Fsp3) is 0.650. The van der Waals surface area contributed by atoms with E-state index in [1.807, 2.05) is 13.8 Å². The number of nitrogens with zero attached hydrogens (tertiary/aromatic N) is 4. The molecular weight excluding hydrogens is 390 g/mol. The Bertz CT molecular complexity index is 968. The molecule has 2 heterocycles. The SMILES string of the molecule is CC(C)CCNC(=O)[C@H]1CCCN(S(=O)(=O)c2ccc3c(c2)nnn3C(C)C)C1. The van der Waals surface area contributed by atoms with Crippen LogP contribution in [0, 0.1) is 11.8 Å². The highest BCUT2D eigenvalue weighted by molar-refractivity contribution is 7.89. The van der Waals surface area contributed by atoms with E-state index in [1.165, 1.54) is 4.31 Å². The second-order valence-electron chi connectivity index (χ2n) is 8.45. The van der Waals surface area contributed by atoms with Crippen molar-refractivity contribution in [1.82, 2.24) is 24.6 Å². The zero-order valence-electron chi connectivity index (χ0n) is 17.6. The monoisotopic (exact) mass is 421 g/mol. The maximum absolute atomic E-state index is 13.2. The van der Waals surface area contributed by atoms with E-state index in [0.29, 0.717) is 37.4 Å². The summed E-state index contributed by atoms with van der Waals surface area (Å²) >= 11 is 0. The maximum Gasteiger partial charge on any atom is 0.243 e. The Hall–Kier alpha value is -2.00. The summed E-state index contributed by atoms with van der Waals surface area (Å²) in [5.41, 5.74) is 1.36. The molecule has 1 fully saturated rings. The fourth-order valence-corrected chi connectivity index (χ4v) is 5.16. The zero-order valence-corrected chi connectivity index (χ0v) is 18.4. The third-order valence-electron chi connectivity index (χ3n) is 5.35. The first kappa shape index (κ1) is 21.7. The number of nitrogens with one attached hydrogen (secondary N) is 1. The van der Waals surface area contributed by atoms with Crippen molar-refractivity contribution in [2.45, 2.75) is 57.9 Å². The van der Waals surface area contributed by atoms with Crippen LogP contribution in [0.25, 0.3) is 11.0 Å². The number of hydrogen-bond acceptors (Lipinski definition) is 5. The number of amides is 1. The summed E-state index contributed by atoms with van der Waals surface area (Å²) < 4.78 is 29.6. The molecule has 1 atom stereocenters. The molecular formula is C20H31N5O3S. The largest absolute Gasteiger partial charge is 0.356 e. The van der Waals surface area contributed by atoms with Gasteiger partial charge in [0.2, 0.25) is 15.9 Å². The van der Waals surface area contributed by atoms with E-state index in [2.05, 4.69) is 29.5 Å². The lowest BCUT2D eigenvalue weighted by molar-refractivity contribution is -0.126. The highest BCUT2D eigenvalue weighted by Gasteiger charge is 2.33. The van der Waals surface area contributed by atoms with Crippen LogP contribution in [0.1, 0.15) is 53.0 Å². The summed E-state index contributed by atoms with van der Waals surface area (Å²) in [4.78, 5) is 12.7. The fourth-order valence-electron chi connectivity index (χ4n) is 3.62. The molecule has 9 heteroatoms. The normalized spacial score (nSPS) is 18.6. The molecule has 1 aliphatic heterocycles. The summed E-state index contributed by atoms with van der Waals surface area (Å²) in [6.07, 6.45) is 2.30. The van der Waals surface area contributed by atoms with Gasteiger partial charge in [0.1, 0.15) is 5.52 Å². The lowest BCUT2D eigenvalue weighted by atomic mass is 9.98. The van der Waals surface area contributed by atoms with E-state index in [9.17, 15) is 13.2 Å². The quantitative estimate of drug-likeness (QED) is 0.741. The van der Waals surface area contributed by atoms with Gasteiger partial charge in [0.15, 0.2) is 0 Å². The van der Waals surface area contributed by atoms with Crippen LogP contribution >= 0.6 is 0 Å². The number of benzene rings is 1. The lowest BCUT2D eigenvalue weighted by Crippen LogP contribution is -2.45. The number of piperidine rings is 1. The van der Waals surface area contributed by atoms with Crippen LogP contribution in [0.5, 0.6) is 0 Å². The van der Waals surface area contributed by atoms with Gasteiger partial charge in [-0.2, -0.15) is 4.31 Å². The van der Waals surface area contributed by atoms with Gasteiger partial charge in [-0.1, -0.05) is 19.1 Å². The number of hydrogen-bond donors (Lipinski definition) is 1. The van der Waals surface area contributed by atoms with E-state index in [0.717, 1.165) is 11.9 Å². The number of aromatic nitrogens is 3. The predicted octanol–water partition coefficient (Wildman–Crippen LogP) is 2.58. The topological polar surface area (TPSA) is 97.2 Å². The molecule has 1 aromatic heterocycles. The lowest BCUT2D eigenvalue weighted by Gasteiger charge is -2.31. The molecule has 1 saturated heterocycles. The van der Waals surface area contributed by atoms with Gasteiger partial charge in [-0.3, -0.25) is 4.79 Å². The van der Waals surface area contributed by atoms with Gasteiger partial charge < -0.3 is 5.32 Å². The number of sulfonamides is 1. The number of carbonyl (C=O) groups excluding carboxylic acids is 1. The first-order valence-electron chi connectivity index (χ1n) is 10.3. The summed E-state index contributed by atoms with van der Waals surface area (Å²) in [5, 5.41) is 11.2. The van der Waals surface area contributed by atoms with Crippen LogP contribution < -0.4 is 5.32 Å². The molecule has 0 saturated carbocycles. The summed E-state index contributed by atoms with van der Waals surface area (Å²) in [6, 6.07) is 5.07. The zero-order chi connectivity index (χ0) is 21.2. The van der Waals surface area contributed by atoms with Gasteiger partial charge in [-0.25, -0.2) is 13.1 Å². The van der Waals surface area contributed by atoms with Crippen molar-refractivity contribution in [3.05, 3.63) is 18.2 Å². The molecule has 160 valence electrons. The van der Waals surface area contributed by atoms with E-state index in [4.69, 9.17) is 0 Å². The van der Waals surface area contributed by atoms with Gasteiger partial charge in [-0.15, -0.1) is 5.10 Å². The second-order valence-corrected chi connectivity index (χ2v) is 10.4. The minimum atomic E-state index is -3.69. The van der Waals surface area contributed by atoms with Crippen molar-refractivity contribution >= 4 is 27.0 Å². The molecule has 0 radical (unpaired) electrons. The van der Waals surface area contributed by atoms with Crippen LogP contribution in [-0.4, -0.2) is 53.3 Å². The molecule has 8 nitrogen and oxygen atoms in total. The first-order valence-corrected chi connectivity index (χ1v) is 11.8. The second kappa shape index (κ2) is 8.79. The van der Waals surface area contributed by atoms with Gasteiger partial charge in [0.05, 0.1) is 16.3 Å². The molecule has 0 bridgehead atoms. The van der Waals surface area contributed by atoms with E-state index >= 15 is 0 Å². The average molecular weight is 422 g/mol. The van der Waals surface area contributed by atoms with Gasteiger partial charge >= 0.3 is 0 Å². The number of fused-ring (bicyclic) bond motifs is 1. The molecule has 1 aliphatic rings. The van der Waals surface area contributed by atoms with Crippen LogP contribution in [0.15, 0.2) is 23.1 Å². The van der Waals surface area contributed by atoms with Crippen LogP contribution in [0.2, 0.25) is 0 Å². The molecule has 1 amide bonds. The third-order valence-corrected chi connectivity index (χ3v) is 7.21. The van der Waals surface area contributed by atoms with Crippen LogP contribution in [0.3, 0.4) is 0 Å². The van der Waals surface area contributed by atoms with Crippen molar-refractivity contribution < 1.29 is 13.2 Å². The Morgan fingerprint density at radius 1 is 1.28 bits per heavy atom.